The minimum Gasteiger partial charge on any atom is -0.445 e. The van der Waals surface area contributed by atoms with Crippen LogP contribution < -0.4 is 16.0 Å². The molecule has 1 aliphatic heterocycles. The van der Waals surface area contributed by atoms with Crippen molar-refractivity contribution in [3.05, 3.63) is 35.9 Å². The summed E-state index contributed by atoms with van der Waals surface area (Å²) >= 11 is 0. The van der Waals surface area contributed by atoms with E-state index < -0.39 is 42.7 Å². The molecule has 2 rings (SSSR count). The molecule has 0 saturated carbocycles. The van der Waals surface area contributed by atoms with E-state index >= 15 is 0 Å². The largest absolute Gasteiger partial charge is 0.471 e. The Morgan fingerprint density at radius 2 is 1.88 bits per heavy atom. The summed E-state index contributed by atoms with van der Waals surface area (Å²) in [5, 5.41) is 6.17. The first-order valence-electron chi connectivity index (χ1n) is 6.90. The second-order valence-electron chi connectivity index (χ2n) is 5.01. The van der Waals surface area contributed by atoms with Crippen LogP contribution in [0.25, 0.3) is 0 Å². The summed E-state index contributed by atoms with van der Waals surface area (Å²) in [5.41, 5.74) is 0.736. The van der Waals surface area contributed by atoms with Crippen molar-refractivity contribution in [1.29, 1.82) is 0 Å². The van der Waals surface area contributed by atoms with Gasteiger partial charge in [-0.05, 0) is 5.56 Å². The molecule has 7 nitrogen and oxygen atoms in total. The molecule has 0 aromatic heterocycles. The van der Waals surface area contributed by atoms with Gasteiger partial charge in [-0.25, -0.2) is 4.79 Å². The summed E-state index contributed by atoms with van der Waals surface area (Å²) in [4.78, 5) is 33.7. The topological polar surface area (TPSA) is 96.5 Å². The third-order valence-electron chi connectivity index (χ3n) is 3.24. The fourth-order valence-electron chi connectivity index (χ4n) is 1.97. The monoisotopic (exact) mass is 345 g/mol. The van der Waals surface area contributed by atoms with Crippen LogP contribution in [0, 0.1) is 0 Å². The number of rotatable bonds is 5. The SMILES string of the molecule is O=C(NC1C(=O)NC1CNC(=O)C(F)(F)F)OCc1ccccc1. The predicted molar refractivity (Wildman–Crippen MR) is 74.5 cm³/mol. The van der Waals surface area contributed by atoms with Gasteiger partial charge >= 0.3 is 18.2 Å². The number of alkyl halides is 3. The molecule has 1 aliphatic rings. The number of hydrogen-bond donors (Lipinski definition) is 3. The zero-order chi connectivity index (χ0) is 17.7. The highest BCUT2D eigenvalue weighted by atomic mass is 19.4. The van der Waals surface area contributed by atoms with Gasteiger partial charge in [0.1, 0.15) is 12.6 Å². The van der Waals surface area contributed by atoms with Gasteiger partial charge in [0.15, 0.2) is 0 Å². The number of benzene rings is 1. The minimum atomic E-state index is -5.01. The van der Waals surface area contributed by atoms with Crippen molar-refractivity contribution in [3.8, 4) is 0 Å². The van der Waals surface area contributed by atoms with Crippen LogP contribution in [0.15, 0.2) is 30.3 Å². The van der Waals surface area contributed by atoms with Gasteiger partial charge in [-0.3, -0.25) is 9.59 Å². The van der Waals surface area contributed by atoms with Crippen molar-refractivity contribution in [2.45, 2.75) is 24.9 Å². The number of halogens is 3. The molecule has 1 saturated heterocycles. The van der Waals surface area contributed by atoms with Crippen LogP contribution in [0.3, 0.4) is 0 Å². The van der Waals surface area contributed by atoms with E-state index in [-0.39, 0.29) is 6.61 Å². The first kappa shape index (κ1) is 17.6. The molecule has 0 bridgehead atoms. The average Bonchev–Trinajstić information content (AvgIpc) is 2.54. The van der Waals surface area contributed by atoms with Crippen LogP contribution in [-0.2, 0) is 20.9 Å². The predicted octanol–water partition coefficient (Wildman–Crippen LogP) is 0.458. The average molecular weight is 345 g/mol. The summed E-state index contributed by atoms with van der Waals surface area (Å²) in [7, 11) is 0. The molecule has 1 aromatic rings. The van der Waals surface area contributed by atoms with E-state index in [9.17, 15) is 27.6 Å². The van der Waals surface area contributed by atoms with Gasteiger partial charge in [0.05, 0.1) is 6.04 Å². The molecule has 3 N–H and O–H groups in total. The molecule has 24 heavy (non-hydrogen) atoms. The van der Waals surface area contributed by atoms with Gasteiger partial charge in [0.25, 0.3) is 0 Å². The number of carbonyl (C=O) groups excluding carboxylic acids is 3. The molecule has 2 atom stereocenters. The number of carbonyl (C=O) groups is 3. The zero-order valence-corrected chi connectivity index (χ0v) is 12.2. The lowest BCUT2D eigenvalue weighted by Crippen LogP contribution is -2.72. The number of amides is 3. The molecule has 130 valence electrons. The first-order chi connectivity index (χ1) is 11.3. The lowest BCUT2D eigenvalue weighted by molar-refractivity contribution is -0.173. The fourth-order valence-corrected chi connectivity index (χ4v) is 1.97. The number of nitrogens with one attached hydrogen (secondary N) is 3. The number of ether oxygens (including phenoxy) is 1. The molecule has 0 aliphatic carbocycles. The molecule has 3 amide bonds. The van der Waals surface area contributed by atoms with Crippen LogP contribution >= 0.6 is 0 Å². The Hall–Kier alpha value is -2.78. The van der Waals surface area contributed by atoms with E-state index in [0.717, 1.165) is 5.56 Å². The Balaban J connectivity index is 1.77. The van der Waals surface area contributed by atoms with Gasteiger partial charge in [-0.1, -0.05) is 30.3 Å². The van der Waals surface area contributed by atoms with Gasteiger partial charge in [-0.15, -0.1) is 0 Å². The highest BCUT2D eigenvalue weighted by Crippen LogP contribution is 2.14. The van der Waals surface area contributed by atoms with E-state index in [0.29, 0.717) is 0 Å². The Morgan fingerprint density at radius 1 is 1.21 bits per heavy atom. The van der Waals surface area contributed by atoms with Crippen molar-refractivity contribution < 1.29 is 32.3 Å². The minimum absolute atomic E-state index is 0.0174. The van der Waals surface area contributed by atoms with Gasteiger partial charge < -0.3 is 20.7 Å². The molecule has 1 aromatic carbocycles. The Labute approximate surface area is 134 Å². The summed E-state index contributed by atoms with van der Waals surface area (Å²) in [6.45, 7) is -0.482. The van der Waals surface area contributed by atoms with Gasteiger partial charge in [0, 0.05) is 6.54 Å². The Morgan fingerprint density at radius 3 is 2.46 bits per heavy atom. The standard InChI is InChI=1S/C14H14F3N3O4/c15-14(16,17)12(22)18-6-9-10(11(21)19-9)20-13(23)24-7-8-4-2-1-3-5-8/h1-5,9-10H,6-7H2,(H,18,22)(H,19,21)(H,20,23). The fraction of sp³-hybridized carbons (Fsp3) is 0.357. The van der Waals surface area contributed by atoms with Crippen LogP contribution in [0.2, 0.25) is 0 Å². The molecular formula is C14H14F3N3O4. The summed E-state index contributed by atoms with van der Waals surface area (Å²) < 4.78 is 41.1. The van der Waals surface area contributed by atoms with Gasteiger partial charge in [0.2, 0.25) is 5.91 Å². The summed E-state index contributed by atoms with van der Waals surface area (Å²) in [5.74, 6) is -2.69. The van der Waals surface area contributed by atoms with Crippen molar-refractivity contribution >= 4 is 17.9 Å². The lowest BCUT2D eigenvalue weighted by atomic mass is 9.99. The maximum atomic E-state index is 12.1. The molecular weight excluding hydrogens is 331 g/mol. The zero-order valence-electron chi connectivity index (χ0n) is 12.2. The van der Waals surface area contributed by atoms with Crippen LogP contribution in [0.1, 0.15) is 5.56 Å². The Kier molecular flexibility index (Phi) is 5.27. The smallest absolute Gasteiger partial charge is 0.445 e. The molecule has 0 radical (unpaired) electrons. The maximum Gasteiger partial charge on any atom is 0.471 e. The van der Waals surface area contributed by atoms with Gasteiger partial charge in [-0.2, -0.15) is 13.2 Å². The number of hydrogen-bond acceptors (Lipinski definition) is 4. The molecule has 2 unspecified atom stereocenters. The summed E-state index contributed by atoms with van der Waals surface area (Å²) in [6, 6.07) is 6.87. The third-order valence-corrected chi connectivity index (χ3v) is 3.24. The number of alkyl carbamates (subject to hydrolysis) is 1. The summed E-state index contributed by atoms with van der Waals surface area (Å²) in [6.07, 6.45) is -5.89. The maximum absolute atomic E-state index is 12.1. The number of β-lactam (4-membered cyclic amide) rings is 1. The van der Waals surface area contributed by atoms with Crippen LogP contribution in [-0.4, -0.2) is 42.7 Å². The molecule has 1 fully saturated rings. The third kappa shape index (κ3) is 4.61. The highest BCUT2D eigenvalue weighted by Gasteiger charge is 2.43. The molecule has 0 spiro atoms. The van der Waals surface area contributed by atoms with E-state index in [4.69, 9.17) is 4.74 Å². The van der Waals surface area contributed by atoms with E-state index in [2.05, 4.69) is 10.6 Å². The first-order valence-corrected chi connectivity index (χ1v) is 6.90. The second-order valence-corrected chi connectivity index (χ2v) is 5.01. The lowest BCUT2D eigenvalue weighted by Gasteiger charge is -2.36. The van der Waals surface area contributed by atoms with Crippen LogP contribution in [0.5, 0.6) is 0 Å². The molecule has 10 heteroatoms. The Bertz CT molecular complexity index is 621. The van der Waals surface area contributed by atoms with E-state index in [1.807, 2.05) is 0 Å². The van der Waals surface area contributed by atoms with E-state index in [1.165, 1.54) is 0 Å². The van der Waals surface area contributed by atoms with Crippen molar-refractivity contribution in [2.75, 3.05) is 6.54 Å². The van der Waals surface area contributed by atoms with Crippen molar-refractivity contribution in [3.63, 3.8) is 0 Å². The van der Waals surface area contributed by atoms with Crippen LogP contribution in [0.4, 0.5) is 18.0 Å². The molecule has 1 heterocycles. The van der Waals surface area contributed by atoms with Crippen molar-refractivity contribution in [1.82, 2.24) is 16.0 Å². The van der Waals surface area contributed by atoms with Crippen molar-refractivity contribution in [2.24, 2.45) is 0 Å². The second kappa shape index (κ2) is 7.20. The quantitative estimate of drug-likeness (QED) is 0.676. The van der Waals surface area contributed by atoms with E-state index in [1.54, 1.807) is 35.6 Å². The normalized spacial score (nSPS) is 19.7. The highest BCUT2D eigenvalue weighted by molar-refractivity contribution is 5.92.